The first-order chi connectivity index (χ1) is 18.3. The Labute approximate surface area is 227 Å². The molecule has 0 saturated heterocycles. The number of hydrogen-bond donors (Lipinski definition) is 2. The van der Waals surface area contributed by atoms with Gasteiger partial charge in [0.1, 0.15) is 11.5 Å². The molecule has 0 bridgehead atoms. The van der Waals surface area contributed by atoms with E-state index in [1.807, 2.05) is 12.1 Å². The van der Waals surface area contributed by atoms with E-state index in [9.17, 15) is 13.2 Å². The lowest BCUT2D eigenvalue weighted by atomic mass is 10.1. The number of anilines is 2. The zero-order chi connectivity index (χ0) is 27.1. The molecule has 4 aromatic rings. The molecule has 0 aromatic heterocycles. The molecule has 9 heteroatoms. The van der Waals surface area contributed by atoms with Crippen LogP contribution in [0.2, 0.25) is 0 Å². The van der Waals surface area contributed by atoms with Crippen molar-refractivity contribution in [2.45, 2.75) is 22.5 Å². The van der Waals surface area contributed by atoms with Crippen LogP contribution < -0.4 is 19.5 Å². The van der Waals surface area contributed by atoms with Gasteiger partial charge in [0.25, 0.3) is 15.9 Å². The second-order valence-corrected chi connectivity index (χ2v) is 11.2. The highest BCUT2D eigenvalue weighted by Crippen LogP contribution is 2.31. The van der Waals surface area contributed by atoms with E-state index in [0.29, 0.717) is 22.7 Å². The zero-order valence-electron chi connectivity index (χ0n) is 21.2. The average molecular weight is 549 g/mol. The predicted molar refractivity (Wildman–Crippen MR) is 152 cm³/mol. The van der Waals surface area contributed by atoms with Gasteiger partial charge in [-0.1, -0.05) is 29.8 Å². The molecular formula is C29H28N2O5S2. The quantitative estimate of drug-likeness (QED) is 0.224. The number of thioether (sulfide) groups is 1. The summed E-state index contributed by atoms with van der Waals surface area (Å²) in [6.07, 6.45) is 0. The lowest BCUT2D eigenvalue weighted by Crippen LogP contribution is -2.14. The van der Waals surface area contributed by atoms with Crippen molar-refractivity contribution in [1.82, 2.24) is 0 Å². The highest BCUT2D eigenvalue weighted by molar-refractivity contribution is 7.98. The van der Waals surface area contributed by atoms with Gasteiger partial charge in [-0.3, -0.25) is 9.52 Å². The molecule has 196 valence electrons. The molecule has 0 spiro atoms. The van der Waals surface area contributed by atoms with E-state index in [1.54, 1.807) is 48.2 Å². The van der Waals surface area contributed by atoms with E-state index in [2.05, 4.69) is 41.2 Å². The van der Waals surface area contributed by atoms with Crippen LogP contribution in [0.4, 0.5) is 11.4 Å². The molecule has 1 amide bonds. The average Bonchev–Trinajstić information content (AvgIpc) is 2.93. The molecule has 7 nitrogen and oxygen atoms in total. The van der Waals surface area contributed by atoms with E-state index in [4.69, 9.17) is 9.47 Å². The third-order valence-electron chi connectivity index (χ3n) is 5.72. The van der Waals surface area contributed by atoms with Gasteiger partial charge in [0.05, 0.1) is 24.8 Å². The normalized spacial score (nSPS) is 11.0. The summed E-state index contributed by atoms with van der Waals surface area (Å²) in [4.78, 5) is 14.0. The summed E-state index contributed by atoms with van der Waals surface area (Å²) in [6, 6.07) is 26.6. The summed E-state index contributed by atoms with van der Waals surface area (Å²) in [7, 11) is -0.954. The molecule has 0 saturated carbocycles. The predicted octanol–water partition coefficient (Wildman–Crippen LogP) is 6.36. The number of nitrogens with one attached hydrogen (secondary N) is 2. The summed E-state index contributed by atoms with van der Waals surface area (Å²) < 4.78 is 38.8. The Morgan fingerprint density at radius 3 is 2.16 bits per heavy atom. The number of aryl methyl sites for hydroxylation is 1. The summed E-state index contributed by atoms with van der Waals surface area (Å²) in [6.45, 7) is 2.06. The molecule has 4 aromatic carbocycles. The van der Waals surface area contributed by atoms with Crippen LogP contribution in [0.15, 0.2) is 101 Å². The number of benzene rings is 4. The van der Waals surface area contributed by atoms with Gasteiger partial charge >= 0.3 is 0 Å². The summed E-state index contributed by atoms with van der Waals surface area (Å²) in [5.74, 6) is 1.37. The Kier molecular flexibility index (Phi) is 8.60. The van der Waals surface area contributed by atoms with Crippen molar-refractivity contribution < 1.29 is 22.7 Å². The number of carbonyl (C=O) groups excluding carboxylic acids is 1. The van der Waals surface area contributed by atoms with Crippen molar-refractivity contribution in [2.24, 2.45) is 0 Å². The van der Waals surface area contributed by atoms with Crippen molar-refractivity contribution in [3.8, 4) is 11.5 Å². The maximum absolute atomic E-state index is 12.9. The standard InChI is InChI=1S/C29H28N2O5S2/c1-20-4-13-25(14-5-20)37-19-21-6-8-22(9-7-21)29(32)30-23-10-15-26(16-11-23)38(33,34)31-27-18-24(35-2)12-17-28(27)36-3/h4-18,31H,19H2,1-3H3,(H,30,32). The van der Waals surface area contributed by atoms with Gasteiger partial charge in [-0.25, -0.2) is 8.42 Å². The zero-order valence-corrected chi connectivity index (χ0v) is 22.9. The highest BCUT2D eigenvalue weighted by Gasteiger charge is 2.18. The highest BCUT2D eigenvalue weighted by atomic mass is 32.2. The van der Waals surface area contributed by atoms with Crippen LogP contribution in [0, 0.1) is 6.92 Å². The monoisotopic (exact) mass is 548 g/mol. The second kappa shape index (κ2) is 12.1. The largest absolute Gasteiger partial charge is 0.497 e. The molecule has 0 aliphatic rings. The summed E-state index contributed by atoms with van der Waals surface area (Å²) in [5, 5.41) is 2.81. The van der Waals surface area contributed by atoms with Crippen molar-refractivity contribution in [2.75, 3.05) is 24.3 Å². The first kappa shape index (κ1) is 27.1. The second-order valence-electron chi connectivity index (χ2n) is 8.45. The number of amides is 1. The molecular weight excluding hydrogens is 520 g/mol. The molecule has 0 aliphatic carbocycles. The number of carbonyl (C=O) groups is 1. The van der Waals surface area contributed by atoms with Gasteiger partial charge in [-0.15, -0.1) is 11.8 Å². The minimum absolute atomic E-state index is 0.0378. The Balaban J connectivity index is 1.37. The first-order valence-corrected chi connectivity index (χ1v) is 14.2. The molecule has 38 heavy (non-hydrogen) atoms. The van der Waals surface area contributed by atoms with Gasteiger partial charge in [0.2, 0.25) is 0 Å². The third-order valence-corrected chi connectivity index (χ3v) is 8.18. The maximum Gasteiger partial charge on any atom is 0.262 e. The lowest BCUT2D eigenvalue weighted by molar-refractivity contribution is 0.102. The van der Waals surface area contributed by atoms with Crippen molar-refractivity contribution in [1.29, 1.82) is 0 Å². The van der Waals surface area contributed by atoms with Crippen molar-refractivity contribution in [3.05, 3.63) is 108 Å². The fraction of sp³-hybridized carbons (Fsp3) is 0.138. The minimum atomic E-state index is -3.90. The minimum Gasteiger partial charge on any atom is -0.497 e. The number of hydrogen-bond acceptors (Lipinski definition) is 6. The lowest BCUT2D eigenvalue weighted by Gasteiger charge is -2.13. The van der Waals surface area contributed by atoms with Crippen molar-refractivity contribution in [3.63, 3.8) is 0 Å². The third kappa shape index (κ3) is 6.87. The van der Waals surface area contributed by atoms with Crippen LogP contribution in [0.3, 0.4) is 0 Å². The number of ether oxygens (including phenoxy) is 2. The molecule has 0 atom stereocenters. The van der Waals surface area contributed by atoms with E-state index in [0.717, 1.165) is 11.3 Å². The van der Waals surface area contributed by atoms with Gasteiger partial charge < -0.3 is 14.8 Å². The number of methoxy groups -OCH3 is 2. The Morgan fingerprint density at radius 1 is 0.842 bits per heavy atom. The van der Waals surface area contributed by atoms with E-state index in [1.165, 1.54) is 42.9 Å². The summed E-state index contributed by atoms with van der Waals surface area (Å²) in [5.41, 5.74) is 3.59. The van der Waals surface area contributed by atoms with Gasteiger partial charge in [0, 0.05) is 28.0 Å². The first-order valence-electron chi connectivity index (χ1n) is 11.7. The van der Waals surface area contributed by atoms with Crippen LogP contribution in [-0.4, -0.2) is 28.5 Å². The van der Waals surface area contributed by atoms with Crippen LogP contribution in [-0.2, 0) is 15.8 Å². The van der Waals surface area contributed by atoms with E-state index < -0.39 is 10.0 Å². The van der Waals surface area contributed by atoms with E-state index >= 15 is 0 Å². The number of rotatable bonds is 10. The number of sulfonamides is 1. The fourth-order valence-corrected chi connectivity index (χ4v) is 5.49. The molecule has 4 rings (SSSR count). The Morgan fingerprint density at radius 2 is 1.53 bits per heavy atom. The SMILES string of the molecule is COc1ccc(OC)c(NS(=O)(=O)c2ccc(NC(=O)c3ccc(CSc4ccc(C)cc4)cc3)cc2)c1. The Hall–Kier alpha value is -3.95. The fourth-order valence-electron chi connectivity index (χ4n) is 3.57. The smallest absolute Gasteiger partial charge is 0.262 e. The van der Waals surface area contributed by atoms with Crippen LogP contribution in [0.5, 0.6) is 11.5 Å². The van der Waals surface area contributed by atoms with Crippen LogP contribution >= 0.6 is 11.8 Å². The van der Waals surface area contributed by atoms with E-state index in [-0.39, 0.29) is 16.5 Å². The summed E-state index contributed by atoms with van der Waals surface area (Å²) >= 11 is 1.74. The molecule has 0 heterocycles. The van der Waals surface area contributed by atoms with Crippen LogP contribution in [0.1, 0.15) is 21.5 Å². The van der Waals surface area contributed by atoms with Gasteiger partial charge in [-0.05, 0) is 73.2 Å². The molecule has 0 aliphatic heterocycles. The Bertz CT molecular complexity index is 1500. The van der Waals surface area contributed by atoms with Gasteiger partial charge in [0.15, 0.2) is 0 Å². The van der Waals surface area contributed by atoms with Gasteiger partial charge in [-0.2, -0.15) is 0 Å². The van der Waals surface area contributed by atoms with Crippen molar-refractivity contribution >= 4 is 39.1 Å². The molecule has 0 fully saturated rings. The molecule has 0 unspecified atom stereocenters. The molecule has 2 N–H and O–H groups in total. The molecule has 0 radical (unpaired) electrons. The topological polar surface area (TPSA) is 93.7 Å². The van der Waals surface area contributed by atoms with Crippen LogP contribution in [0.25, 0.3) is 0 Å². The maximum atomic E-state index is 12.9.